The third kappa shape index (κ3) is 1.98. The molecule has 0 amide bonds. The second-order valence-electron chi connectivity index (χ2n) is 5.02. The minimum atomic E-state index is 0.176. The quantitative estimate of drug-likeness (QED) is 0.881. The van der Waals surface area contributed by atoms with E-state index in [1.54, 1.807) is 6.20 Å². The lowest BCUT2D eigenvalue weighted by Crippen LogP contribution is -2.29. The van der Waals surface area contributed by atoms with E-state index in [9.17, 15) is 0 Å². The zero-order valence-electron chi connectivity index (χ0n) is 10.3. The summed E-state index contributed by atoms with van der Waals surface area (Å²) >= 11 is 6.24. The molecule has 1 fully saturated rings. The van der Waals surface area contributed by atoms with Crippen LogP contribution >= 0.6 is 11.6 Å². The first-order chi connectivity index (χ1) is 7.57. The molecule has 0 radical (unpaired) electrons. The lowest BCUT2D eigenvalue weighted by Gasteiger charge is -2.25. The highest BCUT2D eigenvalue weighted by atomic mass is 35.5. The fourth-order valence-corrected chi connectivity index (χ4v) is 3.40. The Hall–Kier alpha value is -0.540. The van der Waals surface area contributed by atoms with Crippen LogP contribution in [0.15, 0.2) is 6.20 Å². The summed E-state index contributed by atoms with van der Waals surface area (Å²) in [6, 6.07) is 0.626. The number of rotatable bonds is 3. The van der Waals surface area contributed by atoms with Crippen molar-refractivity contribution in [2.45, 2.75) is 44.6 Å². The average molecular weight is 242 g/mol. The molecule has 4 heteroatoms. The highest BCUT2D eigenvalue weighted by Crippen LogP contribution is 2.43. The van der Waals surface area contributed by atoms with Crippen molar-refractivity contribution in [1.29, 1.82) is 0 Å². The zero-order chi connectivity index (χ0) is 11.8. The molecule has 0 aliphatic heterocycles. The van der Waals surface area contributed by atoms with E-state index in [2.05, 4.69) is 24.3 Å². The van der Waals surface area contributed by atoms with Gasteiger partial charge in [-0.3, -0.25) is 4.68 Å². The zero-order valence-corrected chi connectivity index (χ0v) is 11.0. The predicted octanol–water partition coefficient (Wildman–Crippen LogP) is 2.49. The molecule has 1 heterocycles. The van der Waals surface area contributed by atoms with Crippen LogP contribution < -0.4 is 5.32 Å². The van der Waals surface area contributed by atoms with Gasteiger partial charge in [0.15, 0.2) is 0 Å². The van der Waals surface area contributed by atoms with Gasteiger partial charge in [-0.25, -0.2) is 0 Å². The van der Waals surface area contributed by atoms with Gasteiger partial charge >= 0.3 is 0 Å². The molecule has 1 N–H and O–H groups in total. The second kappa shape index (κ2) is 4.38. The van der Waals surface area contributed by atoms with Crippen molar-refractivity contribution in [2.75, 3.05) is 6.54 Å². The molecule has 0 bridgehead atoms. The van der Waals surface area contributed by atoms with Gasteiger partial charge in [-0.05, 0) is 25.8 Å². The van der Waals surface area contributed by atoms with E-state index in [0.29, 0.717) is 6.04 Å². The van der Waals surface area contributed by atoms with Crippen LogP contribution in [-0.2, 0) is 12.5 Å². The Bertz CT molecular complexity index is 355. The highest BCUT2D eigenvalue weighted by Gasteiger charge is 2.39. The number of aromatic nitrogens is 2. The first-order valence-corrected chi connectivity index (χ1v) is 6.36. The van der Waals surface area contributed by atoms with E-state index in [4.69, 9.17) is 11.6 Å². The van der Waals surface area contributed by atoms with Crippen LogP contribution in [0.2, 0.25) is 5.02 Å². The maximum absolute atomic E-state index is 6.24. The molecule has 0 aromatic carbocycles. The molecule has 90 valence electrons. The topological polar surface area (TPSA) is 29.9 Å². The molecule has 1 saturated carbocycles. The molecule has 1 aliphatic rings. The lowest BCUT2D eigenvalue weighted by atomic mass is 9.84. The summed E-state index contributed by atoms with van der Waals surface area (Å²) in [6.07, 6.45) is 5.32. The maximum Gasteiger partial charge on any atom is 0.0823 e. The molecule has 1 aliphatic carbocycles. The Labute approximate surface area is 102 Å². The molecule has 1 aromatic heterocycles. The number of halogens is 1. The van der Waals surface area contributed by atoms with Gasteiger partial charge in [0.25, 0.3) is 0 Å². The fraction of sp³-hybridized carbons (Fsp3) is 0.750. The van der Waals surface area contributed by atoms with Gasteiger partial charge < -0.3 is 5.32 Å². The normalized spacial score (nSPS) is 29.9. The molecular formula is C12H20ClN3. The van der Waals surface area contributed by atoms with Crippen LogP contribution in [0.1, 0.15) is 38.8 Å². The van der Waals surface area contributed by atoms with Gasteiger partial charge in [-0.1, -0.05) is 25.4 Å². The van der Waals surface area contributed by atoms with E-state index >= 15 is 0 Å². The van der Waals surface area contributed by atoms with Crippen molar-refractivity contribution in [3.8, 4) is 0 Å². The summed E-state index contributed by atoms with van der Waals surface area (Å²) in [5.74, 6) is 0. The molecule has 0 spiro atoms. The van der Waals surface area contributed by atoms with Gasteiger partial charge in [0, 0.05) is 18.5 Å². The third-order valence-corrected chi connectivity index (χ3v) is 3.98. The number of hydrogen-bond acceptors (Lipinski definition) is 2. The molecular weight excluding hydrogens is 222 g/mol. The summed E-state index contributed by atoms with van der Waals surface area (Å²) in [5, 5.41) is 8.58. The summed E-state index contributed by atoms with van der Waals surface area (Å²) < 4.78 is 1.93. The van der Waals surface area contributed by atoms with Gasteiger partial charge in [-0.2, -0.15) is 5.10 Å². The largest absolute Gasteiger partial charge is 0.314 e. The Morgan fingerprint density at radius 2 is 2.44 bits per heavy atom. The van der Waals surface area contributed by atoms with E-state index in [-0.39, 0.29) is 5.41 Å². The smallest absolute Gasteiger partial charge is 0.0823 e. The predicted molar refractivity (Wildman–Crippen MR) is 66.9 cm³/mol. The van der Waals surface area contributed by atoms with Crippen LogP contribution in [-0.4, -0.2) is 22.4 Å². The van der Waals surface area contributed by atoms with E-state index in [0.717, 1.165) is 18.0 Å². The van der Waals surface area contributed by atoms with E-state index < -0.39 is 0 Å². The van der Waals surface area contributed by atoms with E-state index in [1.165, 1.54) is 18.5 Å². The molecule has 2 atom stereocenters. The summed E-state index contributed by atoms with van der Waals surface area (Å²) in [7, 11) is 1.98. The SMILES string of the molecule is CCNC1CCC(C)(c2c(Cl)cnn2C)C1. The maximum atomic E-state index is 6.24. The Balaban J connectivity index is 2.21. The van der Waals surface area contributed by atoms with Gasteiger partial charge in [0.2, 0.25) is 0 Å². The fourth-order valence-electron chi connectivity index (χ4n) is 3.01. The van der Waals surface area contributed by atoms with Crippen molar-refractivity contribution >= 4 is 11.6 Å². The first-order valence-electron chi connectivity index (χ1n) is 5.98. The van der Waals surface area contributed by atoms with Gasteiger partial charge in [0.1, 0.15) is 0 Å². The molecule has 16 heavy (non-hydrogen) atoms. The standard InChI is InChI=1S/C12H20ClN3/c1-4-14-9-5-6-12(2,7-9)11-10(13)8-15-16(11)3/h8-9,14H,4-7H2,1-3H3. The van der Waals surface area contributed by atoms with Crippen molar-refractivity contribution in [3.05, 3.63) is 16.9 Å². The van der Waals surface area contributed by atoms with Crippen LogP contribution in [0, 0.1) is 0 Å². The van der Waals surface area contributed by atoms with Crippen LogP contribution in [0.5, 0.6) is 0 Å². The lowest BCUT2D eigenvalue weighted by molar-refractivity contribution is 0.427. The van der Waals surface area contributed by atoms with Gasteiger partial charge in [-0.15, -0.1) is 0 Å². The van der Waals surface area contributed by atoms with Crippen LogP contribution in [0.4, 0.5) is 0 Å². The van der Waals surface area contributed by atoms with Crippen molar-refractivity contribution in [1.82, 2.24) is 15.1 Å². The molecule has 2 unspecified atom stereocenters. The number of aryl methyl sites for hydroxylation is 1. The second-order valence-corrected chi connectivity index (χ2v) is 5.43. The van der Waals surface area contributed by atoms with Gasteiger partial charge in [0.05, 0.1) is 16.9 Å². The highest BCUT2D eigenvalue weighted by molar-refractivity contribution is 6.31. The van der Waals surface area contributed by atoms with Crippen molar-refractivity contribution in [2.24, 2.45) is 7.05 Å². The monoisotopic (exact) mass is 241 g/mol. The third-order valence-electron chi connectivity index (χ3n) is 3.70. The minimum Gasteiger partial charge on any atom is -0.314 e. The van der Waals surface area contributed by atoms with Crippen LogP contribution in [0.25, 0.3) is 0 Å². The number of nitrogens with one attached hydrogen (secondary N) is 1. The van der Waals surface area contributed by atoms with Crippen molar-refractivity contribution in [3.63, 3.8) is 0 Å². The summed E-state index contributed by atoms with van der Waals surface area (Å²) in [6.45, 7) is 5.50. The summed E-state index contributed by atoms with van der Waals surface area (Å²) in [4.78, 5) is 0. The number of hydrogen-bond donors (Lipinski definition) is 1. The van der Waals surface area contributed by atoms with Crippen LogP contribution in [0.3, 0.4) is 0 Å². The molecule has 3 nitrogen and oxygen atoms in total. The Morgan fingerprint density at radius 1 is 1.69 bits per heavy atom. The average Bonchev–Trinajstić information content (AvgIpc) is 2.73. The minimum absolute atomic E-state index is 0.176. The number of nitrogens with zero attached hydrogens (tertiary/aromatic N) is 2. The summed E-state index contributed by atoms with van der Waals surface area (Å²) in [5.41, 5.74) is 1.37. The molecule has 1 aromatic rings. The molecule has 0 saturated heterocycles. The van der Waals surface area contributed by atoms with Crippen molar-refractivity contribution < 1.29 is 0 Å². The molecule has 2 rings (SSSR count). The first kappa shape index (κ1) is 11.9. The Kier molecular flexibility index (Phi) is 3.27. The Morgan fingerprint density at radius 3 is 3.00 bits per heavy atom. The van der Waals surface area contributed by atoms with E-state index in [1.807, 2.05) is 11.7 Å².